The Bertz CT molecular complexity index is 2310. The van der Waals surface area contributed by atoms with Crippen LogP contribution in [0.2, 0.25) is 0 Å². The number of benzene rings is 7. The quantitative estimate of drug-likeness (QED) is 0.206. The van der Waals surface area contributed by atoms with Crippen molar-refractivity contribution in [1.82, 2.24) is 0 Å². The average Bonchev–Trinajstić information content (AvgIpc) is 3.13. The summed E-state index contributed by atoms with van der Waals surface area (Å²) >= 11 is 0. The van der Waals surface area contributed by atoms with Gasteiger partial charge in [-0.2, -0.15) is 0 Å². The second kappa shape index (κ2) is 11.0. The van der Waals surface area contributed by atoms with E-state index in [-0.39, 0.29) is 70.8 Å². The third kappa shape index (κ3) is 5.02. The topological polar surface area (TPSA) is 3.24 Å². The Morgan fingerprint density at radius 1 is 0.366 bits per heavy atom. The molecule has 0 atom stereocenters. The van der Waals surface area contributed by atoms with E-state index in [2.05, 4.69) is 0 Å². The van der Waals surface area contributed by atoms with E-state index < -0.39 is 0 Å². The summed E-state index contributed by atoms with van der Waals surface area (Å²) in [5, 5.41) is 2.12. The Labute approximate surface area is 252 Å². The molecule has 0 aromatic heterocycles. The number of hydrogen-bond acceptors (Lipinski definition) is 1. The normalized spacial score (nSPS) is 13.7. The van der Waals surface area contributed by atoms with E-state index in [1.165, 1.54) is 4.90 Å². The predicted molar refractivity (Wildman–Crippen MR) is 175 cm³/mol. The van der Waals surface area contributed by atoms with Gasteiger partial charge in [-0.25, -0.2) is 0 Å². The Hall–Kier alpha value is -5.40. The summed E-state index contributed by atoms with van der Waals surface area (Å²) in [5.74, 6) is 0. The molecule has 0 heterocycles. The maximum Gasteiger partial charge on any atom is 0.0645 e. The molecule has 0 aliphatic heterocycles. The van der Waals surface area contributed by atoms with Gasteiger partial charge in [0.05, 0.1) is 11.0 Å². The number of anilines is 3. The molecule has 7 aromatic carbocycles. The van der Waals surface area contributed by atoms with Crippen molar-refractivity contribution < 1.29 is 11.0 Å². The van der Waals surface area contributed by atoms with Crippen LogP contribution in [0.25, 0.3) is 44.2 Å². The minimum atomic E-state index is -0.376. The van der Waals surface area contributed by atoms with Gasteiger partial charge in [0.2, 0.25) is 0 Å². The molecule has 1 heteroatoms. The highest BCUT2D eigenvalue weighted by atomic mass is 15.1. The first-order chi connectivity index (χ1) is 23.7. The van der Waals surface area contributed by atoms with E-state index in [1.54, 1.807) is 66.7 Å². The van der Waals surface area contributed by atoms with Crippen molar-refractivity contribution in [2.24, 2.45) is 0 Å². The van der Waals surface area contributed by atoms with E-state index in [0.29, 0.717) is 16.8 Å². The number of fused-ring (bicyclic) bond motifs is 1. The van der Waals surface area contributed by atoms with Crippen LogP contribution in [0.4, 0.5) is 17.1 Å². The minimum absolute atomic E-state index is 0.118. The molecule has 0 unspecified atom stereocenters. The fourth-order valence-corrected chi connectivity index (χ4v) is 5.00. The Morgan fingerprint density at radius 2 is 0.878 bits per heavy atom. The lowest BCUT2D eigenvalue weighted by Crippen LogP contribution is -2.09. The van der Waals surface area contributed by atoms with Gasteiger partial charge < -0.3 is 4.90 Å². The SMILES string of the molecule is [2H]c1c([2H])c(N(c2ccccc2)c2c([2H])c([2H])c(-c3cccc(-c4cccc5ccccc45)c3)c([2H])c2[2H])c([2H])c([2H])c1-c1ccccc1. The molecule has 7 aromatic rings. The molecule has 0 N–H and O–H groups in total. The van der Waals surface area contributed by atoms with Gasteiger partial charge in [0, 0.05) is 17.1 Å². The summed E-state index contributed by atoms with van der Waals surface area (Å²) < 4.78 is 72.9. The third-order valence-corrected chi connectivity index (χ3v) is 7.00. The lowest BCUT2D eigenvalue weighted by atomic mass is 9.95. The fraction of sp³-hybridized carbons (Fsp3) is 0. The third-order valence-electron chi connectivity index (χ3n) is 7.00. The van der Waals surface area contributed by atoms with Gasteiger partial charge in [-0.1, -0.05) is 133 Å². The molecule has 1 nitrogen and oxygen atoms in total. The summed E-state index contributed by atoms with van der Waals surface area (Å²) in [4.78, 5) is 1.31. The van der Waals surface area contributed by atoms with Gasteiger partial charge in [0.15, 0.2) is 0 Å². The molecular weight excluding hydrogens is 494 g/mol. The van der Waals surface area contributed by atoms with Crippen molar-refractivity contribution in [1.29, 1.82) is 0 Å². The zero-order valence-electron chi connectivity index (χ0n) is 30.1. The van der Waals surface area contributed by atoms with Crippen LogP contribution in [0.5, 0.6) is 0 Å². The fourth-order valence-electron chi connectivity index (χ4n) is 5.00. The highest BCUT2D eigenvalue weighted by Gasteiger charge is 2.13. The Balaban J connectivity index is 1.44. The smallest absolute Gasteiger partial charge is 0.0645 e. The van der Waals surface area contributed by atoms with Crippen molar-refractivity contribution in [2.75, 3.05) is 4.90 Å². The second-order valence-corrected chi connectivity index (χ2v) is 9.59. The molecule has 0 saturated carbocycles. The molecule has 7 rings (SSSR count). The Kier molecular flexibility index (Phi) is 4.65. The monoisotopic (exact) mass is 531 g/mol. The molecule has 0 fully saturated rings. The number of nitrogens with zero attached hydrogens (tertiary/aromatic N) is 1. The van der Waals surface area contributed by atoms with Gasteiger partial charge in [0.25, 0.3) is 0 Å². The van der Waals surface area contributed by atoms with Crippen molar-refractivity contribution in [2.45, 2.75) is 0 Å². The van der Waals surface area contributed by atoms with Crippen LogP contribution in [-0.4, -0.2) is 0 Å². The van der Waals surface area contributed by atoms with E-state index in [1.807, 2.05) is 60.7 Å². The van der Waals surface area contributed by atoms with Crippen LogP contribution in [0.15, 0.2) is 176 Å². The molecule has 0 aliphatic rings. The predicted octanol–water partition coefficient (Wildman–Crippen LogP) is 11.3. The van der Waals surface area contributed by atoms with E-state index in [0.717, 1.165) is 21.9 Å². The first kappa shape index (κ1) is 17.3. The van der Waals surface area contributed by atoms with E-state index >= 15 is 0 Å². The molecular formula is C40H29N. The van der Waals surface area contributed by atoms with Crippen LogP contribution in [-0.2, 0) is 0 Å². The van der Waals surface area contributed by atoms with Crippen LogP contribution >= 0.6 is 0 Å². The largest absolute Gasteiger partial charge is 0.311 e. The summed E-state index contributed by atoms with van der Waals surface area (Å²) in [5.41, 5.74) is 3.14. The summed E-state index contributed by atoms with van der Waals surface area (Å²) in [6.45, 7) is 0. The maximum atomic E-state index is 9.25. The van der Waals surface area contributed by atoms with Gasteiger partial charge in [-0.05, 0) is 86.5 Å². The van der Waals surface area contributed by atoms with E-state index in [9.17, 15) is 5.48 Å². The Morgan fingerprint density at radius 3 is 1.59 bits per heavy atom. The highest BCUT2D eigenvalue weighted by Crippen LogP contribution is 2.37. The molecule has 0 saturated heterocycles. The average molecular weight is 532 g/mol. The van der Waals surface area contributed by atoms with Crippen LogP contribution in [0.1, 0.15) is 11.0 Å². The minimum Gasteiger partial charge on any atom is -0.311 e. The number of hydrogen-bond donors (Lipinski definition) is 0. The van der Waals surface area contributed by atoms with Gasteiger partial charge in [0.1, 0.15) is 0 Å². The standard InChI is InChI=1S/C40H29N/c1-3-11-30(12-4-1)31-21-25-37(26-22-31)41(36-17-5-2-6-18-36)38-27-23-32(24-28-38)34-15-9-16-35(29-34)40-20-10-14-33-13-7-8-19-39(33)40/h1-29H/i21D,22D,23D,24D,25D,26D,27D,28D. The molecule has 0 spiro atoms. The van der Waals surface area contributed by atoms with Gasteiger partial charge in [-0.15, -0.1) is 0 Å². The molecule has 41 heavy (non-hydrogen) atoms. The van der Waals surface area contributed by atoms with Crippen molar-refractivity contribution in [3.63, 3.8) is 0 Å². The van der Waals surface area contributed by atoms with Crippen LogP contribution < -0.4 is 4.90 Å². The van der Waals surface area contributed by atoms with Crippen molar-refractivity contribution in [3.8, 4) is 33.4 Å². The highest BCUT2D eigenvalue weighted by molar-refractivity contribution is 5.97. The second-order valence-electron chi connectivity index (χ2n) is 9.59. The number of para-hydroxylation sites is 1. The van der Waals surface area contributed by atoms with Crippen molar-refractivity contribution >= 4 is 27.8 Å². The van der Waals surface area contributed by atoms with Gasteiger partial charge in [-0.3, -0.25) is 0 Å². The molecule has 0 radical (unpaired) electrons. The first-order valence-electron chi connectivity index (χ1n) is 17.4. The lowest BCUT2D eigenvalue weighted by molar-refractivity contribution is 1.28. The van der Waals surface area contributed by atoms with Crippen LogP contribution in [0, 0.1) is 0 Å². The molecule has 0 aliphatic carbocycles. The van der Waals surface area contributed by atoms with Crippen LogP contribution in [0.3, 0.4) is 0 Å². The van der Waals surface area contributed by atoms with E-state index in [4.69, 9.17) is 5.48 Å². The summed E-state index contributed by atoms with van der Waals surface area (Å²) in [6, 6.07) is 36.2. The molecule has 0 amide bonds. The number of rotatable bonds is 6. The lowest BCUT2D eigenvalue weighted by Gasteiger charge is -2.26. The zero-order valence-corrected chi connectivity index (χ0v) is 22.1. The maximum absolute atomic E-state index is 9.25. The molecule has 0 bridgehead atoms. The van der Waals surface area contributed by atoms with Gasteiger partial charge >= 0.3 is 0 Å². The summed E-state index contributed by atoms with van der Waals surface area (Å²) in [6.07, 6.45) is 0. The zero-order chi connectivity index (χ0) is 34.4. The summed E-state index contributed by atoms with van der Waals surface area (Å²) in [7, 11) is 0. The first-order valence-corrected chi connectivity index (χ1v) is 13.4. The van der Waals surface area contributed by atoms with Crippen molar-refractivity contribution in [3.05, 3.63) is 176 Å². The molecule has 194 valence electrons.